The van der Waals surface area contributed by atoms with Crippen molar-refractivity contribution in [3.05, 3.63) is 35.7 Å². The summed E-state index contributed by atoms with van der Waals surface area (Å²) in [5.74, 6) is 0.545. The van der Waals surface area contributed by atoms with Crippen molar-refractivity contribution in [1.82, 2.24) is 25.1 Å². The average molecular weight is 379 g/mol. The number of hydrogen-bond donors (Lipinski definition) is 0. The standard InChI is InChI=1S/C17H25N5O3S/c1-13(2)16(21-8-10-25-11-9-21)17-18-19-20-22(17)12-26(23,24)15-6-4-14(3)5-7-15/h4-7,13,16H,8-12H2,1-3H3/t16-/m0/s1. The van der Waals surface area contributed by atoms with Gasteiger partial charge in [-0.15, -0.1) is 5.10 Å². The molecule has 1 aromatic carbocycles. The lowest BCUT2D eigenvalue weighted by Gasteiger charge is -2.35. The summed E-state index contributed by atoms with van der Waals surface area (Å²) in [6.45, 7) is 8.98. The van der Waals surface area contributed by atoms with Gasteiger partial charge in [-0.05, 0) is 35.4 Å². The minimum absolute atomic E-state index is 0.0536. The number of hydrogen-bond acceptors (Lipinski definition) is 7. The smallest absolute Gasteiger partial charge is 0.198 e. The zero-order valence-corrected chi connectivity index (χ0v) is 16.2. The van der Waals surface area contributed by atoms with Gasteiger partial charge in [0.2, 0.25) is 0 Å². The minimum Gasteiger partial charge on any atom is -0.379 e. The van der Waals surface area contributed by atoms with E-state index in [9.17, 15) is 8.42 Å². The number of morpholine rings is 1. The van der Waals surface area contributed by atoms with Crippen LogP contribution in [0.5, 0.6) is 0 Å². The van der Waals surface area contributed by atoms with E-state index in [0.29, 0.717) is 19.0 Å². The molecule has 0 spiro atoms. The van der Waals surface area contributed by atoms with Gasteiger partial charge in [-0.2, -0.15) is 0 Å². The first kappa shape index (κ1) is 18.9. The number of aryl methyl sites for hydroxylation is 1. The zero-order chi connectivity index (χ0) is 18.7. The maximum absolute atomic E-state index is 12.8. The van der Waals surface area contributed by atoms with Crippen LogP contribution in [-0.2, 0) is 20.5 Å². The fourth-order valence-corrected chi connectivity index (χ4v) is 4.44. The summed E-state index contributed by atoms with van der Waals surface area (Å²) in [4.78, 5) is 2.53. The third kappa shape index (κ3) is 4.11. The number of rotatable bonds is 6. The first-order valence-electron chi connectivity index (χ1n) is 8.76. The van der Waals surface area contributed by atoms with Crippen LogP contribution < -0.4 is 0 Å². The summed E-state index contributed by atoms with van der Waals surface area (Å²) in [6.07, 6.45) is 0. The molecule has 0 bridgehead atoms. The second-order valence-electron chi connectivity index (χ2n) is 6.93. The van der Waals surface area contributed by atoms with Crippen LogP contribution in [0.25, 0.3) is 0 Å². The molecule has 1 fully saturated rings. The van der Waals surface area contributed by atoms with Crippen LogP contribution in [0.3, 0.4) is 0 Å². The Hall–Kier alpha value is -1.84. The van der Waals surface area contributed by atoms with Gasteiger partial charge in [0.1, 0.15) is 0 Å². The molecule has 0 amide bonds. The van der Waals surface area contributed by atoms with E-state index < -0.39 is 9.84 Å². The van der Waals surface area contributed by atoms with Gasteiger partial charge in [-0.3, -0.25) is 4.90 Å². The van der Waals surface area contributed by atoms with Crippen LogP contribution in [0.15, 0.2) is 29.2 Å². The third-order valence-electron chi connectivity index (χ3n) is 4.57. The summed E-state index contributed by atoms with van der Waals surface area (Å²) in [7, 11) is -3.54. The van der Waals surface area contributed by atoms with E-state index in [0.717, 1.165) is 18.7 Å². The van der Waals surface area contributed by atoms with Gasteiger partial charge in [0.15, 0.2) is 21.5 Å². The highest BCUT2D eigenvalue weighted by molar-refractivity contribution is 7.90. The minimum atomic E-state index is -3.54. The van der Waals surface area contributed by atoms with E-state index in [1.807, 2.05) is 6.92 Å². The van der Waals surface area contributed by atoms with E-state index in [2.05, 4.69) is 34.3 Å². The van der Waals surface area contributed by atoms with Crippen molar-refractivity contribution in [3.63, 3.8) is 0 Å². The van der Waals surface area contributed by atoms with Gasteiger partial charge in [0.25, 0.3) is 0 Å². The van der Waals surface area contributed by atoms with E-state index in [1.54, 1.807) is 24.3 Å². The molecule has 0 aliphatic carbocycles. The van der Waals surface area contributed by atoms with Crippen LogP contribution in [0, 0.1) is 12.8 Å². The van der Waals surface area contributed by atoms with Crippen molar-refractivity contribution in [2.75, 3.05) is 26.3 Å². The number of sulfone groups is 1. The summed E-state index contributed by atoms with van der Waals surface area (Å²) >= 11 is 0. The lowest BCUT2D eigenvalue weighted by atomic mass is 10.0. The number of benzene rings is 1. The van der Waals surface area contributed by atoms with E-state index in [-0.39, 0.29) is 22.7 Å². The van der Waals surface area contributed by atoms with Gasteiger partial charge in [-0.1, -0.05) is 31.5 Å². The lowest BCUT2D eigenvalue weighted by molar-refractivity contribution is 0.00244. The largest absolute Gasteiger partial charge is 0.379 e. The van der Waals surface area contributed by atoms with Crippen LogP contribution in [0.2, 0.25) is 0 Å². The Morgan fingerprint density at radius 3 is 2.42 bits per heavy atom. The molecule has 1 saturated heterocycles. The number of nitrogens with zero attached hydrogens (tertiary/aromatic N) is 5. The van der Waals surface area contributed by atoms with Crippen LogP contribution in [0.1, 0.15) is 31.3 Å². The van der Waals surface area contributed by atoms with Gasteiger partial charge < -0.3 is 4.74 Å². The Morgan fingerprint density at radius 1 is 1.15 bits per heavy atom. The molecule has 1 aromatic heterocycles. The number of tetrazole rings is 1. The van der Waals surface area contributed by atoms with Crippen molar-refractivity contribution in [2.24, 2.45) is 5.92 Å². The molecule has 1 atom stereocenters. The van der Waals surface area contributed by atoms with E-state index in [4.69, 9.17) is 4.74 Å². The topological polar surface area (TPSA) is 90.2 Å². The highest BCUT2D eigenvalue weighted by Crippen LogP contribution is 2.28. The Balaban J connectivity index is 1.88. The lowest BCUT2D eigenvalue weighted by Crippen LogP contribution is -2.42. The first-order chi connectivity index (χ1) is 12.4. The van der Waals surface area contributed by atoms with Gasteiger partial charge >= 0.3 is 0 Å². The van der Waals surface area contributed by atoms with E-state index >= 15 is 0 Å². The zero-order valence-electron chi connectivity index (χ0n) is 15.4. The van der Waals surface area contributed by atoms with Crippen LogP contribution in [0.4, 0.5) is 0 Å². The third-order valence-corrected chi connectivity index (χ3v) is 6.14. The second kappa shape index (κ2) is 7.81. The molecule has 0 saturated carbocycles. The Morgan fingerprint density at radius 2 is 1.81 bits per heavy atom. The number of aromatic nitrogens is 4. The molecule has 9 heteroatoms. The molecule has 2 heterocycles. The Labute approximate surface area is 154 Å². The molecular weight excluding hydrogens is 354 g/mol. The molecule has 0 radical (unpaired) electrons. The van der Waals surface area contributed by atoms with Crippen molar-refractivity contribution in [3.8, 4) is 0 Å². The maximum Gasteiger partial charge on any atom is 0.198 e. The second-order valence-corrected chi connectivity index (χ2v) is 8.89. The van der Waals surface area contributed by atoms with E-state index in [1.165, 1.54) is 4.68 Å². The fraction of sp³-hybridized carbons (Fsp3) is 0.588. The SMILES string of the molecule is Cc1ccc(S(=O)(=O)Cn2nnnc2[C@H](C(C)C)N2CCOCC2)cc1. The predicted molar refractivity (Wildman–Crippen MR) is 96.2 cm³/mol. The van der Waals surface area contributed by atoms with Gasteiger partial charge in [0.05, 0.1) is 24.2 Å². The van der Waals surface area contributed by atoms with Crippen LogP contribution >= 0.6 is 0 Å². The van der Waals surface area contributed by atoms with Crippen molar-refractivity contribution in [2.45, 2.75) is 37.6 Å². The molecular formula is C17H25N5O3S. The molecule has 1 aliphatic heterocycles. The quantitative estimate of drug-likeness (QED) is 0.750. The molecule has 8 nitrogen and oxygen atoms in total. The molecule has 26 heavy (non-hydrogen) atoms. The summed E-state index contributed by atoms with van der Waals surface area (Å²) in [5, 5.41) is 11.9. The summed E-state index contributed by atoms with van der Waals surface area (Å²) < 4.78 is 32.4. The molecule has 142 valence electrons. The highest BCUT2D eigenvalue weighted by atomic mass is 32.2. The molecule has 3 rings (SSSR count). The molecule has 0 unspecified atom stereocenters. The highest BCUT2D eigenvalue weighted by Gasteiger charge is 2.31. The predicted octanol–water partition coefficient (Wildman–Crippen LogP) is 1.44. The normalized spacial score (nSPS) is 17.5. The average Bonchev–Trinajstić information content (AvgIpc) is 3.03. The summed E-state index contributed by atoms with van der Waals surface area (Å²) in [5.41, 5.74) is 1.01. The van der Waals surface area contributed by atoms with Crippen molar-refractivity contribution in [1.29, 1.82) is 0 Å². The molecule has 1 aliphatic rings. The van der Waals surface area contributed by atoms with Crippen molar-refractivity contribution < 1.29 is 13.2 Å². The monoisotopic (exact) mass is 379 g/mol. The fourth-order valence-electron chi connectivity index (χ4n) is 3.24. The number of ether oxygens (including phenoxy) is 1. The molecule has 0 N–H and O–H groups in total. The Kier molecular flexibility index (Phi) is 5.69. The van der Waals surface area contributed by atoms with Crippen LogP contribution in [-0.4, -0.2) is 59.8 Å². The maximum atomic E-state index is 12.8. The van der Waals surface area contributed by atoms with Crippen molar-refractivity contribution >= 4 is 9.84 Å². The molecule has 2 aromatic rings. The van der Waals surface area contributed by atoms with Gasteiger partial charge in [0, 0.05) is 13.1 Å². The first-order valence-corrected chi connectivity index (χ1v) is 10.4. The summed E-state index contributed by atoms with van der Waals surface area (Å²) in [6, 6.07) is 6.77. The Bertz CT molecular complexity index is 826. The van der Waals surface area contributed by atoms with Gasteiger partial charge in [-0.25, -0.2) is 13.1 Å².